The number of ether oxygens (including phenoxy) is 1. The Morgan fingerprint density at radius 3 is 2.25 bits per heavy atom. The van der Waals surface area contributed by atoms with Crippen molar-refractivity contribution >= 4 is 5.97 Å². The van der Waals surface area contributed by atoms with Crippen LogP contribution in [0.3, 0.4) is 0 Å². The molecule has 0 bridgehead atoms. The molecule has 0 saturated heterocycles. The lowest BCUT2D eigenvalue weighted by Crippen LogP contribution is -2.52. The highest BCUT2D eigenvalue weighted by Gasteiger charge is 2.59. The molecule has 8 atom stereocenters. The Hall–Kier alpha value is -0.570. The fraction of sp³-hybridized carbons (Fsp3) is 0.966. The van der Waals surface area contributed by atoms with Gasteiger partial charge < -0.3 is 9.84 Å². The molecule has 0 aliphatic heterocycles. The average Bonchev–Trinajstić information content (AvgIpc) is 3.17. The minimum Gasteiger partial charge on any atom is -0.469 e. The molecule has 4 fully saturated rings. The van der Waals surface area contributed by atoms with E-state index in [0.29, 0.717) is 16.7 Å². The van der Waals surface area contributed by atoms with Crippen LogP contribution in [0.2, 0.25) is 0 Å². The van der Waals surface area contributed by atoms with Crippen molar-refractivity contribution in [1.82, 2.24) is 0 Å². The highest BCUT2D eigenvalue weighted by molar-refractivity contribution is 5.72. The van der Waals surface area contributed by atoms with E-state index in [-0.39, 0.29) is 18.5 Å². The third kappa shape index (κ3) is 5.08. The van der Waals surface area contributed by atoms with Gasteiger partial charge in [-0.15, -0.1) is 0 Å². The second-order valence-corrected chi connectivity index (χ2v) is 11.2. The lowest BCUT2D eigenvalue weighted by Gasteiger charge is -2.60. The number of fused-ring (bicyclic) bond motifs is 5. The van der Waals surface area contributed by atoms with Crippen molar-refractivity contribution in [3.05, 3.63) is 0 Å². The summed E-state index contributed by atoms with van der Waals surface area (Å²) in [6.45, 7) is 13.2. The van der Waals surface area contributed by atoms with Gasteiger partial charge in [-0.2, -0.15) is 0 Å². The molecular weight excluding hydrogens is 396 g/mol. The zero-order chi connectivity index (χ0) is 23.9. The number of esters is 1. The number of hydrogen-bond donors (Lipinski definition) is 1. The Morgan fingerprint density at radius 1 is 0.906 bits per heavy atom. The number of aliphatic hydroxyl groups excluding tert-OH is 1. The summed E-state index contributed by atoms with van der Waals surface area (Å²) in [7, 11) is 1.43. The first-order valence-corrected chi connectivity index (χ1v) is 14.1. The van der Waals surface area contributed by atoms with Crippen molar-refractivity contribution in [2.24, 2.45) is 46.3 Å². The smallest absolute Gasteiger partial charge is 0.310 e. The molecule has 3 nitrogen and oxygen atoms in total. The normalized spacial score (nSPS) is 40.8. The van der Waals surface area contributed by atoms with Crippen molar-refractivity contribution in [3.8, 4) is 0 Å². The number of aliphatic hydroxyl groups is 1. The van der Waals surface area contributed by atoms with E-state index in [0.717, 1.165) is 36.5 Å². The largest absolute Gasteiger partial charge is 0.469 e. The summed E-state index contributed by atoms with van der Waals surface area (Å²) in [5.41, 5.74) is 1.07. The van der Waals surface area contributed by atoms with Crippen LogP contribution >= 0.6 is 0 Å². The zero-order valence-corrected chi connectivity index (χ0v) is 22.4. The fourth-order valence-corrected chi connectivity index (χ4v) is 8.73. The van der Waals surface area contributed by atoms with E-state index in [1.54, 1.807) is 0 Å². The maximum Gasteiger partial charge on any atom is 0.310 e. The van der Waals surface area contributed by atoms with Crippen LogP contribution in [0.1, 0.15) is 119 Å². The van der Waals surface area contributed by atoms with Crippen LogP contribution in [0.5, 0.6) is 0 Å². The van der Waals surface area contributed by atoms with Gasteiger partial charge in [0.05, 0.1) is 19.6 Å². The van der Waals surface area contributed by atoms with Gasteiger partial charge in [-0.05, 0) is 105 Å². The van der Waals surface area contributed by atoms with E-state index in [4.69, 9.17) is 4.74 Å². The molecular formula is C29H54O3. The summed E-state index contributed by atoms with van der Waals surface area (Å²) in [5, 5.41) is 9.59. The Balaban J connectivity index is 0.000000860. The van der Waals surface area contributed by atoms with E-state index in [1.165, 1.54) is 71.3 Å². The maximum absolute atomic E-state index is 11.9. The standard InChI is InChI=1S/C25H42O3.2C2H6/c1-24-14-5-4-6-18(24)9-11-20-21-12-10-19(25(21,2)15-13-22(20)24)8-7-17(16-26)23(27)28-3;2*1-2/h17-22,26H,4-16H2,1-3H3;2*1-2H3. The first-order valence-electron chi connectivity index (χ1n) is 14.1. The van der Waals surface area contributed by atoms with Crippen molar-refractivity contribution in [2.75, 3.05) is 13.7 Å². The van der Waals surface area contributed by atoms with Crippen LogP contribution in [0.15, 0.2) is 0 Å². The molecule has 4 saturated carbocycles. The van der Waals surface area contributed by atoms with Gasteiger partial charge in [0.25, 0.3) is 0 Å². The van der Waals surface area contributed by atoms with Crippen LogP contribution in [-0.2, 0) is 9.53 Å². The first-order chi connectivity index (χ1) is 15.4. The summed E-state index contributed by atoms with van der Waals surface area (Å²) < 4.78 is 4.88. The quantitative estimate of drug-likeness (QED) is 0.437. The number of carbonyl (C=O) groups excluding carboxylic acids is 1. The summed E-state index contributed by atoms with van der Waals surface area (Å²) in [6.07, 6.45) is 16.2. The van der Waals surface area contributed by atoms with Crippen LogP contribution in [0.4, 0.5) is 0 Å². The lowest BCUT2D eigenvalue weighted by atomic mass is 9.45. The SMILES string of the molecule is CC.CC.COC(=O)C(CO)CCC1CCC2C3CCC4CCCCC4(C)C3CCC12C. The lowest BCUT2D eigenvalue weighted by molar-refractivity contribution is -0.147. The molecule has 8 unspecified atom stereocenters. The summed E-state index contributed by atoms with van der Waals surface area (Å²) >= 11 is 0. The molecule has 32 heavy (non-hydrogen) atoms. The van der Waals surface area contributed by atoms with Gasteiger partial charge in [0, 0.05) is 0 Å². The summed E-state index contributed by atoms with van der Waals surface area (Å²) in [4.78, 5) is 11.9. The zero-order valence-electron chi connectivity index (χ0n) is 22.4. The van der Waals surface area contributed by atoms with Crippen molar-refractivity contribution in [1.29, 1.82) is 0 Å². The fourth-order valence-electron chi connectivity index (χ4n) is 8.73. The molecule has 4 rings (SSSR count). The number of hydrogen-bond acceptors (Lipinski definition) is 3. The molecule has 3 heteroatoms. The van der Waals surface area contributed by atoms with Crippen molar-refractivity contribution < 1.29 is 14.6 Å². The van der Waals surface area contributed by atoms with Gasteiger partial charge in [0.2, 0.25) is 0 Å². The number of carbonyl (C=O) groups is 1. The topological polar surface area (TPSA) is 46.5 Å². The van der Waals surface area contributed by atoms with E-state index in [1.807, 2.05) is 27.7 Å². The van der Waals surface area contributed by atoms with Crippen LogP contribution in [0.25, 0.3) is 0 Å². The monoisotopic (exact) mass is 450 g/mol. The van der Waals surface area contributed by atoms with Gasteiger partial charge in [-0.1, -0.05) is 54.4 Å². The molecule has 188 valence electrons. The predicted octanol–water partition coefficient (Wildman–Crippen LogP) is 7.65. The highest BCUT2D eigenvalue weighted by atomic mass is 16.5. The van der Waals surface area contributed by atoms with Crippen molar-refractivity contribution in [3.63, 3.8) is 0 Å². The van der Waals surface area contributed by atoms with Crippen LogP contribution < -0.4 is 0 Å². The predicted molar refractivity (Wildman–Crippen MR) is 134 cm³/mol. The molecule has 0 aromatic carbocycles. The summed E-state index contributed by atoms with van der Waals surface area (Å²) in [6, 6.07) is 0. The van der Waals surface area contributed by atoms with Crippen molar-refractivity contribution in [2.45, 2.75) is 119 Å². The Bertz CT molecular complexity index is 575. The average molecular weight is 451 g/mol. The molecule has 0 aromatic rings. The van der Waals surface area contributed by atoms with E-state index in [9.17, 15) is 9.90 Å². The molecule has 0 radical (unpaired) electrons. The maximum atomic E-state index is 11.9. The van der Waals surface area contributed by atoms with Gasteiger partial charge in [-0.25, -0.2) is 0 Å². The Morgan fingerprint density at radius 2 is 1.59 bits per heavy atom. The van der Waals surface area contributed by atoms with E-state index in [2.05, 4.69) is 13.8 Å². The van der Waals surface area contributed by atoms with Crippen LogP contribution in [-0.4, -0.2) is 24.8 Å². The summed E-state index contributed by atoms with van der Waals surface area (Å²) in [5.74, 6) is 3.93. The Kier molecular flexibility index (Phi) is 10.6. The molecule has 0 spiro atoms. The van der Waals surface area contributed by atoms with Gasteiger partial charge in [-0.3, -0.25) is 4.79 Å². The second kappa shape index (κ2) is 12.2. The van der Waals surface area contributed by atoms with E-state index < -0.39 is 0 Å². The van der Waals surface area contributed by atoms with Crippen LogP contribution in [0, 0.1) is 46.3 Å². The molecule has 0 heterocycles. The van der Waals surface area contributed by atoms with Gasteiger partial charge >= 0.3 is 5.97 Å². The van der Waals surface area contributed by atoms with Gasteiger partial charge in [0.15, 0.2) is 0 Å². The number of rotatable bonds is 5. The molecule has 1 N–H and O–H groups in total. The molecule has 4 aliphatic carbocycles. The minimum absolute atomic E-state index is 0.0794. The molecule has 4 aliphatic rings. The Labute approximate surface area is 199 Å². The minimum atomic E-state index is -0.333. The second-order valence-electron chi connectivity index (χ2n) is 11.2. The molecule has 0 amide bonds. The molecule has 0 aromatic heterocycles. The first kappa shape index (κ1) is 27.7. The highest BCUT2D eigenvalue weighted by Crippen LogP contribution is 2.67. The number of methoxy groups -OCH3 is 1. The third-order valence-electron chi connectivity index (χ3n) is 10.4. The van der Waals surface area contributed by atoms with E-state index >= 15 is 0 Å². The third-order valence-corrected chi connectivity index (χ3v) is 10.4. The van der Waals surface area contributed by atoms with Gasteiger partial charge in [0.1, 0.15) is 0 Å².